The van der Waals surface area contributed by atoms with Gasteiger partial charge in [0.25, 0.3) is 0 Å². The molecular formula is C9H11N5O. The molecule has 0 aromatic carbocycles. The molecule has 0 aliphatic heterocycles. The van der Waals surface area contributed by atoms with Gasteiger partial charge in [0, 0.05) is 6.07 Å². The number of hydrogen-bond donors (Lipinski definition) is 1. The van der Waals surface area contributed by atoms with Crippen LogP contribution in [0, 0.1) is 0 Å². The van der Waals surface area contributed by atoms with Gasteiger partial charge >= 0.3 is 0 Å². The molecule has 0 atom stereocenters. The van der Waals surface area contributed by atoms with E-state index in [4.69, 9.17) is 10.5 Å². The summed E-state index contributed by atoms with van der Waals surface area (Å²) in [7, 11) is 1.58. The number of nitrogen functional groups attached to an aromatic ring is 1. The number of methoxy groups -OCH3 is 1. The molecule has 6 heteroatoms. The number of ether oxygens (including phenoxy) is 1. The van der Waals surface area contributed by atoms with Gasteiger partial charge in [-0.3, -0.25) is 0 Å². The van der Waals surface area contributed by atoms with Crippen molar-refractivity contribution < 1.29 is 4.74 Å². The summed E-state index contributed by atoms with van der Waals surface area (Å²) >= 11 is 0. The first-order chi connectivity index (χ1) is 7.28. The first kappa shape index (κ1) is 9.45. The molecule has 2 rings (SSSR count). The lowest BCUT2D eigenvalue weighted by atomic mass is 10.3. The average Bonchev–Trinajstić information content (AvgIpc) is 2.64. The number of pyridine rings is 1. The van der Waals surface area contributed by atoms with Crippen LogP contribution < -0.4 is 10.5 Å². The Hall–Kier alpha value is -2.11. The van der Waals surface area contributed by atoms with E-state index in [0.717, 1.165) is 5.69 Å². The Labute approximate surface area is 86.7 Å². The average molecular weight is 205 g/mol. The van der Waals surface area contributed by atoms with Gasteiger partial charge in [-0.25, -0.2) is 4.98 Å². The lowest BCUT2D eigenvalue weighted by Crippen LogP contribution is -2.06. The zero-order valence-corrected chi connectivity index (χ0v) is 8.29. The first-order valence-corrected chi connectivity index (χ1v) is 4.43. The Bertz CT molecular complexity index is 453. The molecule has 0 saturated heterocycles. The van der Waals surface area contributed by atoms with Crippen LogP contribution in [0.4, 0.5) is 5.82 Å². The Morgan fingerprint density at radius 1 is 1.47 bits per heavy atom. The molecule has 0 unspecified atom stereocenters. The fourth-order valence-corrected chi connectivity index (χ4v) is 1.19. The largest absolute Gasteiger partial charge is 0.481 e. The SMILES string of the molecule is COc1cccc(Cn2ncc(N)n2)n1. The van der Waals surface area contributed by atoms with Gasteiger partial charge in [0.05, 0.1) is 19.0 Å². The molecule has 2 aromatic heterocycles. The third-order valence-electron chi connectivity index (χ3n) is 1.85. The molecule has 0 saturated carbocycles. The van der Waals surface area contributed by atoms with Gasteiger partial charge in [0.2, 0.25) is 5.88 Å². The third-order valence-corrected chi connectivity index (χ3v) is 1.85. The van der Waals surface area contributed by atoms with E-state index in [1.807, 2.05) is 12.1 Å². The standard InChI is InChI=1S/C9H11N5O/c1-15-9-4-2-3-7(12-9)6-14-11-5-8(10)13-14/h2-5H,6H2,1H3,(H2,10,13). The molecule has 2 aromatic rings. The number of hydrogen-bond acceptors (Lipinski definition) is 5. The summed E-state index contributed by atoms with van der Waals surface area (Å²) in [4.78, 5) is 5.72. The first-order valence-electron chi connectivity index (χ1n) is 4.43. The maximum atomic E-state index is 5.45. The second kappa shape index (κ2) is 3.95. The summed E-state index contributed by atoms with van der Waals surface area (Å²) < 4.78 is 5.01. The molecule has 0 fully saturated rings. The highest BCUT2D eigenvalue weighted by Gasteiger charge is 2.01. The van der Waals surface area contributed by atoms with Crippen molar-refractivity contribution in [2.75, 3.05) is 12.8 Å². The number of aromatic nitrogens is 4. The van der Waals surface area contributed by atoms with Crippen LogP contribution in [0.1, 0.15) is 5.69 Å². The lowest BCUT2D eigenvalue weighted by molar-refractivity contribution is 0.395. The van der Waals surface area contributed by atoms with Gasteiger partial charge in [0.15, 0.2) is 5.82 Å². The van der Waals surface area contributed by atoms with Crippen molar-refractivity contribution in [3.63, 3.8) is 0 Å². The summed E-state index contributed by atoms with van der Waals surface area (Å²) in [5.74, 6) is 0.977. The molecule has 6 nitrogen and oxygen atoms in total. The second-order valence-electron chi connectivity index (χ2n) is 2.97. The summed E-state index contributed by atoms with van der Waals surface area (Å²) in [5, 5.41) is 7.93. The normalized spacial score (nSPS) is 10.2. The fourth-order valence-electron chi connectivity index (χ4n) is 1.19. The van der Waals surface area contributed by atoms with Gasteiger partial charge in [-0.2, -0.15) is 9.90 Å². The summed E-state index contributed by atoms with van der Waals surface area (Å²) in [5.41, 5.74) is 6.27. The van der Waals surface area contributed by atoms with E-state index in [2.05, 4.69) is 15.2 Å². The fraction of sp³-hybridized carbons (Fsp3) is 0.222. The minimum Gasteiger partial charge on any atom is -0.481 e. The van der Waals surface area contributed by atoms with E-state index in [9.17, 15) is 0 Å². The molecule has 0 aliphatic rings. The number of rotatable bonds is 3. The zero-order chi connectivity index (χ0) is 10.7. The van der Waals surface area contributed by atoms with Gasteiger partial charge in [-0.15, -0.1) is 5.10 Å². The van der Waals surface area contributed by atoms with Gasteiger partial charge < -0.3 is 10.5 Å². The molecule has 0 radical (unpaired) electrons. The third kappa shape index (κ3) is 2.22. The van der Waals surface area contributed by atoms with Crippen molar-refractivity contribution in [2.24, 2.45) is 0 Å². The van der Waals surface area contributed by atoms with E-state index in [1.54, 1.807) is 13.2 Å². The minimum atomic E-state index is 0.401. The predicted molar refractivity (Wildman–Crippen MR) is 54.3 cm³/mol. The van der Waals surface area contributed by atoms with Gasteiger partial charge in [-0.1, -0.05) is 6.07 Å². The highest BCUT2D eigenvalue weighted by Crippen LogP contribution is 2.07. The molecule has 0 bridgehead atoms. The van der Waals surface area contributed by atoms with Crippen LogP contribution in [0.25, 0.3) is 0 Å². The van der Waals surface area contributed by atoms with Crippen LogP contribution >= 0.6 is 0 Å². The minimum absolute atomic E-state index is 0.401. The Kier molecular flexibility index (Phi) is 2.49. The molecule has 0 aliphatic carbocycles. The van der Waals surface area contributed by atoms with Crippen LogP contribution in [0.5, 0.6) is 5.88 Å². The molecule has 0 amide bonds. The van der Waals surface area contributed by atoms with Crippen molar-refractivity contribution in [1.82, 2.24) is 20.0 Å². The maximum absolute atomic E-state index is 5.45. The van der Waals surface area contributed by atoms with E-state index >= 15 is 0 Å². The van der Waals surface area contributed by atoms with Crippen LogP contribution in [0.3, 0.4) is 0 Å². The summed E-state index contributed by atoms with van der Waals surface area (Å²) in [6.07, 6.45) is 1.50. The van der Waals surface area contributed by atoms with Crippen molar-refractivity contribution in [2.45, 2.75) is 6.54 Å². The van der Waals surface area contributed by atoms with Crippen LogP contribution in [0.2, 0.25) is 0 Å². The van der Waals surface area contributed by atoms with Crippen molar-refractivity contribution in [1.29, 1.82) is 0 Å². The van der Waals surface area contributed by atoms with E-state index < -0.39 is 0 Å². The highest BCUT2D eigenvalue weighted by molar-refractivity contribution is 5.20. The molecule has 0 spiro atoms. The van der Waals surface area contributed by atoms with Crippen LogP contribution in [0.15, 0.2) is 24.4 Å². The monoisotopic (exact) mass is 205 g/mol. The van der Waals surface area contributed by atoms with Crippen molar-refractivity contribution in [3.05, 3.63) is 30.1 Å². The highest BCUT2D eigenvalue weighted by atomic mass is 16.5. The van der Waals surface area contributed by atoms with Crippen molar-refractivity contribution >= 4 is 5.82 Å². The molecule has 2 N–H and O–H groups in total. The number of nitrogens with two attached hydrogens (primary N) is 1. The van der Waals surface area contributed by atoms with Crippen molar-refractivity contribution in [3.8, 4) is 5.88 Å². The van der Waals surface area contributed by atoms with Gasteiger partial charge in [0.1, 0.15) is 6.54 Å². The Morgan fingerprint density at radius 2 is 2.33 bits per heavy atom. The van der Waals surface area contributed by atoms with E-state index in [1.165, 1.54) is 11.0 Å². The molecular weight excluding hydrogens is 194 g/mol. The molecule has 2 heterocycles. The Morgan fingerprint density at radius 3 is 3.00 bits per heavy atom. The predicted octanol–water partition coefficient (Wildman–Crippen LogP) is 0.312. The topological polar surface area (TPSA) is 78.9 Å². The molecule has 78 valence electrons. The maximum Gasteiger partial charge on any atom is 0.213 e. The number of anilines is 1. The quantitative estimate of drug-likeness (QED) is 0.780. The van der Waals surface area contributed by atoms with Crippen LogP contribution in [-0.2, 0) is 6.54 Å². The lowest BCUT2D eigenvalue weighted by Gasteiger charge is -2.02. The zero-order valence-electron chi connectivity index (χ0n) is 8.29. The second-order valence-corrected chi connectivity index (χ2v) is 2.97. The Balaban J connectivity index is 2.16. The van der Waals surface area contributed by atoms with E-state index in [-0.39, 0.29) is 0 Å². The smallest absolute Gasteiger partial charge is 0.213 e. The number of nitrogens with zero attached hydrogens (tertiary/aromatic N) is 4. The van der Waals surface area contributed by atoms with E-state index in [0.29, 0.717) is 18.2 Å². The summed E-state index contributed by atoms with van der Waals surface area (Å²) in [6.45, 7) is 0.481. The van der Waals surface area contributed by atoms with Crippen LogP contribution in [-0.4, -0.2) is 27.1 Å². The van der Waals surface area contributed by atoms with Gasteiger partial charge in [-0.05, 0) is 6.07 Å². The summed E-state index contributed by atoms with van der Waals surface area (Å²) in [6, 6.07) is 5.53. The molecule has 15 heavy (non-hydrogen) atoms.